The third kappa shape index (κ3) is 5.63. The topological polar surface area (TPSA) is 101 Å². The zero-order chi connectivity index (χ0) is 19.3. The summed E-state index contributed by atoms with van der Waals surface area (Å²) in [6, 6.07) is 3.55. The van der Waals surface area contributed by atoms with Gasteiger partial charge in [-0.2, -0.15) is 0 Å². The van der Waals surface area contributed by atoms with Gasteiger partial charge in [-0.05, 0) is 49.3 Å². The predicted molar refractivity (Wildman–Crippen MR) is 102 cm³/mol. The number of ether oxygens (including phenoxy) is 1. The molecule has 2 aliphatic rings. The van der Waals surface area contributed by atoms with Gasteiger partial charge in [-0.1, -0.05) is 0 Å². The molecule has 0 spiro atoms. The molecule has 2 N–H and O–H groups in total. The van der Waals surface area contributed by atoms with Crippen LogP contribution in [0.25, 0.3) is 0 Å². The van der Waals surface area contributed by atoms with Crippen molar-refractivity contribution in [2.45, 2.75) is 37.8 Å². The van der Waals surface area contributed by atoms with Crippen molar-refractivity contribution >= 4 is 16.1 Å². The fourth-order valence-electron chi connectivity index (χ4n) is 3.71. The summed E-state index contributed by atoms with van der Waals surface area (Å²) < 4.78 is 30.5. The highest BCUT2D eigenvalue weighted by Gasteiger charge is 2.29. The number of urea groups is 1. The van der Waals surface area contributed by atoms with Crippen molar-refractivity contribution in [1.82, 2.24) is 19.9 Å². The normalized spacial score (nSPS) is 25.1. The van der Waals surface area contributed by atoms with Crippen LogP contribution >= 0.6 is 0 Å². The van der Waals surface area contributed by atoms with Crippen molar-refractivity contribution in [1.29, 1.82) is 0 Å². The summed E-state index contributed by atoms with van der Waals surface area (Å²) in [5.74, 6) is 0.298. The number of carbonyl (C=O) groups excluding carboxylic acids is 1. The van der Waals surface area contributed by atoms with Gasteiger partial charge in [0.1, 0.15) is 6.10 Å². The third-order valence-corrected chi connectivity index (χ3v) is 6.57. The fraction of sp³-hybridized carbons (Fsp3) is 0.667. The maximum absolute atomic E-state index is 12.4. The zero-order valence-corrected chi connectivity index (χ0v) is 16.5. The molecule has 8 nitrogen and oxygen atoms in total. The van der Waals surface area contributed by atoms with Crippen LogP contribution in [0.3, 0.4) is 0 Å². The molecular formula is C18H28N4O4S. The highest BCUT2D eigenvalue weighted by molar-refractivity contribution is 7.88. The van der Waals surface area contributed by atoms with E-state index in [4.69, 9.17) is 4.74 Å². The van der Waals surface area contributed by atoms with Gasteiger partial charge in [0.2, 0.25) is 10.0 Å². The minimum absolute atomic E-state index is 0.0757. The van der Waals surface area contributed by atoms with Gasteiger partial charge in [-0.3, -0.25) is 4.98 Å². The molecule has 2 atom stereocenters. The summed E-state index contributed by atoms with van der Waals surface area (Å²) in [5.41, 5.74) is 1.02. The molecule has 27 heavy (non-hydrogen) atoms. The first kappa shape index (κ1) is 20.0. The van der Waals surface area contributed by atoms with E-state index in [2.05, 4.69) is 15.6 Å². The Morgan fingerprint density at radius 1 is 1.26 bits per heavy atom. The van der Waals surface area contributed by atoms with Crippen LogP contribution < -0.4 is 10.6 Å². The van der Waals surface area contributed by atoms with Crippen LogP contribution in [0.2, 0.25) is 0 Å². The first-order valence-electron chi connectivity index (χ1n) is 9.44. The average Bonchev–Trinajstić information content (AvgIpc) is 2.67. The summed E-state index contributed by atoms with van der Waals surface area (Å²) >= 11 is 0. The molecule has 1 aromatic heterocycles. The highest BCUT2D eigenvalue weighted by atomic mass is 32.2. The third-order valence-electron chi connectivity index (χ3n) is 5.27. The maximum Gasteiger partial charge on any atom is 0.315 e. The Labute approximate surface area is 160 Å². The standard InChI is InChI=1S/C18H28N4O4S/c1-27(24,25)22-10-6-14(7-11-22)13-20-18(23)21-16-3-2-12-26-17(16)15-4-8-19-9-5-15/h4-5,8-9,14,16-17H,2-3,6-7,10-13H2,1H3,(H2,20,21,23)/t16-,17+/m0/s1. The lowest BCUT2D eigenvalue weighted by Crippen LogP contribution is -2.48. The van der Waals surface area contributed by atoms with Crippen molar-refractivity contribution < 1.29 is 17.9 Å². The number of carbonyl (C=O) groups is 1. The number of hydrogen-bond acceptors (Lipinski definition) is 5. The van der Waals surface area contributed by atoms with Gasteiger partial charge < -0.3 is 15.4 Å². The quantitative estimate of drug-likeness (QED) is 0.781. The predicted octanol–water partition coefficient (Wildman–Crippen LogP) is 1.27. The van der Waals surface area contributed by atoms with Crippen molar-refractivity contribution in [2.75, 3.05) is 32.5 Å². The van der Waals surface area contributed by atoms with Gasteiger partial charge in [0.25, 0.3) is 0 Å². The molecule has 2 amide bonds. The number of aromatic nitrogens is 1. The number of hydrogen-bond donors (Lipinski definition) is 2. The second kappa shape index (κ2) is 8.99. The van der Waals surface area contributed by atoms with Gasteiger partial charge in [0, 0.05) is 38.6 Å². The number of amides is 2. The molecule has 2 fully saturated rings. The van der Waals surface area contributed by atoms with Crippen LogP contribution in [0, 0.1) is 5.92 Å². The van der Waals surface area contributed by atoms with Crippen LogP contribution in [-0.4, -0.2) is 62.3 Å². The van der Waals surface area contributed by atoms with Crippen molar-refractivity contribution in [3.05, 3.63) is 30.1 Å². The second-order valence-electron chi connectivity index (χ2n) is 7.28. The molecule has 3 rings (SSSR count). The van der Waals surface area contributed by atoms with E-state index in [0.717, 1.165) is 31.2 Å². The lowest BCUT2D eigenvalue weighted by atomic mass is 9.96. The van der Waals surface area contributed by atoms with Gasteiger partial charge in [-0.25, -0.2) is 17.5 Å². The van der Waals surface area contributed by atoms with Gasteiger partial charge >= 0.3 is 6.03 Å². The van der Waals surface area contributed by atoms with Gasteiger partial charge in [-0.15, -0.1) is 0 Å². The van der Waals surface area contributed by atoms with E-state index < -0.39 is 10.0 Å². The molecule has 0 aliphatic carbocycles. The Kier molecular flexibility index (Phi) is 6.67. The lowest BCUT2D eigenvalue weighted by Gasteiger charge is -2.33. The van der Waals surface area contributed by atoms with E-state index in [1.165, 1.54) is 10.6 Å². The average molecular weight is 397 g/mol. The minimum Gasteiger partial charge on any atom is -0.371 e. The summed E-state index contributed by atoms with van der Waals surface area (Å²) in [5, 5.41) is 5.98. The smallest absolute Gasteiger partial charge is 0.315 e. The van der Waals surface area contributed by atoms with E-state index >= 15 is 0 Å². The monoisotopic (exact) mass is 396 g/mol. The molecule has 1 aromatic rings. The second-order valence-corrected chi connectivity index (χ2v) is 9.26. The van der Waals surface area contributed by atoms with Crippen LogP contribution in [0.15, 0.2) is 24.5 Å². The summed E-state index contributed by atoms with van der Waals surface area (Å²) in [6.45, 7) is 2.28. The Bertz CT molecular complexity index is 720. The number of sulfonamides is 1. The Morgan fingerprint density at radius 2 is 1.96 bits per heavy atom. The Morgan fingerprint density at radius 3 is 2.63 bits per heavy atom. The lowest BCUT2D eigenvalue weighted by molar-refractivity contribution is -0.00750. The Hall–Kier alpha value is -1.71. The largest absolute Gasteiger partial charge is 0.371 e. The number of nitrogens with one attached hydrogen (secondary N) is 2. The molecule has 9 heteroatoms. The molecule has 0 saturated carbocycles. The van der Waals surface area contributed by atoms with Crippen molar-refractivity contribution in [2.24, 2.45) is 5.92 Å². The van der Waals surface area contributed by atoms with Crippen LogP contribution in [0.4, 0.5) is 4.79 Å². The van der Waals surface area contributed by atoms with E-state index in [1.807, 2.05) is 12.1 Å². The van der Waals surface area contributed by atoms with E-state index in [9.17, 15) is 13.2 Å². The van der Waals surface area contributed by atoms with Crippen LogP contribution in [0.1, 0.15) is 37.4 Å². The summed E-state index contributed by atoms with van der Waals surface area (Å²) in [4.78, 5) is 16.4. The molecule has 2 aliphatic heterocycles. The first-order valence-corrected chi connectivity index (χ1v) is 11.3. The molecule has 3 heterocycles. The molecule has 2 saturated heterocycles. The number of rotatable bonds is 5. The molecule has 0 aromatic carbocycles. The first-order chi connectivity index (χ1) is 12.9. The number of piperidine rings is 1. The Balaban J connectivity index is 1.46. The molecule has 0 unspecified atom stereocenters. The van der Waals surface area contributed by atoms with Crippen molar-refractivity contribution in [3.63, 3.8) is 0 Å². The SMILES string of the molecule is CS(=O)(=O)N1CCC(CNC(=O)N[C@H]2CCCO[C@@H]2c2ccncc2)CC1. The molecule has 0 bridgehead atoms. The fourth-order valence-corrected chi connectivity index (χ4v) is 4.59. The highest BCUT2D eigenvalue weighted by Crippen LogP contribution is 2.28. The molecule has 150 valence electrons. The minimum atomic E-state index is -3.12. The maximum atomic E-state index is 12.4. The number of nitrogens with zero attached hydrogens (tertiary/aromatic N) is 2. The van der Waals surface area contributed by atoms with E-state index in [0.29, 0.717) is 32.2 Å². The molecular weight excluding hydrogens is 368 g/mol. The van der Waals surface area contributed by atoms with Crippen LogP contribution in [-0.2, 0) is 14.8 Å². The van der Waals surface area contributed by atoms with Gasteiger partial charge in [0.05, 0.1) is 12.3 Å². The zero-order valence-electron chi connectivity index (χ0n) is 15.6. The van der Waals surface area contributed by atoms with E-state index in [1.54, 1.807) is 12.4 Å². The van der Waals surface area contributed by atoms with Gasteiger partial charge in [0.15, 0.2) is 0 Å². The number of pyridine rings is 1. The van der Waals surface area contributed by atoms with Crippen molar-refractivity contribution in [3.8, 4) is 0 Å². The van der Waals surface area contributed by atoms with Crippen LogP contribution in [0.5, 0.6) is 0 Å². The van der Waals surface area contributed by atoms with E-state index in [-0.39, 0.29) is 18.2 Å². The summed E-state index contributed by atoms with van der Waals surface area (Å²) in [7, 11) is -3.12. The summed E-state index contributed by atoms with van der Waals surface area (Å²) in [6.07, 6.45) is 7.85. The molecule has 0 radical (unpaired) electrons.